The van der Waals surface area contributed by atoms with E-state index < -0.39 is 11.6 Å². The molecule has 0 saturated carbocycles. The van der Waals surface area contributed by atoms with Crippen LogP contribution in [0.1, 0.15) is 24.8 Å². The van der Waals surface area contributed by atoms with Crippen molar-refractivity contribution in [3.8, 4) is 0 Å². The minimum Gasteiger partial charge on any atom is -0.373 e. The Balaban J connectivity index is 1.48. The molecule has 4 nitrogen and oxygen atoms in total. The molecule has 2 aliphatic heterocycles. The van der Waals surface area contributed by atoms with Gasteiger partial charge in [0.1, 0.15) is 0 Å². The van der Waals surface area contributed by atoms with Crippen molar-refractivity contribution in [1.29, 1.82) is 0 Å². The summed E-state index contributed by atoms with van der Waals surface area (Å²) < 4.78 is 32.5. The van der Waals surface area contributed by atoms with Crippen LogP contribution in [0.2, 0.25) is 0 Å². The lowest BCUT2D eigenvalue weighted by Crippen LogP contribution is -2.47. The summed E-state index contributed by atoms with van der Waals surface area (Å²) in [4.78, 5) is 4.18. The number of hydrogen-bond acceptors (Lipinski definition) is 2. The first kappa shape index (κ1) is 15.2. The monoisotopic (exact) mass is 309 g/mol. The summed E-state index contributed by atoms with van der Waals surface area (Å²) in [5.74, 6) is -0.897. The SMILES string of the molecule is CN=C(NCCc1cccc(F)c1F)NC1CC2CCC1O2. The lowest BCUT2D eigenvalue weighted by atomic mass is 9.96. The van der Waals surface area contributed by atoms with Gasteiger partial charge in [-0.15, -0.1) is 0 Å². The van der Waals surface area contributed by atoms with Crippen LogP contribution in [0.4, 0.5) is 8.78 Å². The van der Waals surface area contributed by atoms with Gasteiger partial charge in [0, 0.05) is 13.6 Å². The molecule has 22 heavy (non-hydrogen) atoms. The van der Waals surface area contributed by atoms with Gasteiger partial charge < -0.3 is 15.4 Å². The van der Waals surface area contributed by atoms with E-state index in [1.54, 1.807) is 13.1 Å². The molecule has 3 rings (SSSR count). The Hall–Kier alpha value is -1.69. The van der Waals surface area contributed by atoms with Gasteiger partial charge in [-0.25, -0.2) is 8.78 Å². The third-order valence-electron chi connectivity index (χ3n) is 4.37. The molecule has 120 valence electrons. The summed E-state index contributed by atoms with van der Waals surface area (Å²) in [6.07, 6.45) is 4.29. The lowest BCUT2D eigenvalue weighted by molar-refractivity contribution is 0.0992. The molecular weight excluding hydrogens is 288 g/mol. The number of aliphatic imine (C=N–C) groups is 1. The fraction of sp³-hybridized carbons (Fsp3) is 0.562. The summed E-state index contributed by atoms with van der Waals surface area (Å²) in [5, 5.41) is 6.50. The highest BCUT2D eigenvalue weighted by atomic mass is 19.2. The van der Waals surface area contributed by atoms with Crippen LogP contribution in [-0.2, 0) is 11.2 Å². The molecule has 2 saturated heterocycles. The molecular formula is C16H21F2N3O. The number of fused-ring (bicyclic) bond motifs is 2. The second-order valence-corrected chi connectivity index (χ2v) is 5.82. The standard InChI is InChI=1S/C16H21F2N3O/c1-19-16(21-13-9-11-5-6-14(13)22-11)20-8-7-10-3-2-4-12(17)15(10)18/h2-4,11,13-14H,5-9H2,1H3,(H2,19,20,21). The Bertz CT molecular complexity index is 564. The topological polar surface area (TPSA) is 45.7 Å². The predicted octanol–water partition coefficient (Wildman–Crippen LogP) is 1.99. The fourth-order valence-corrected chi connectivity index (χ4v) is 3.22. The highest BCUT2D eigenvalue weighted by molar-refractivity contribution is 5.80. The summed E-state index contributed by atoms with van der Waals surface area (Å²) >= 11 is 0. The maximum Gasteiger partial charge on any atom is 0.191 e. The van der Waals surface area contributed by atoms with Crippen LogP contribution >= 0.6 is 0 Å². The third kappa shape index (κ3) is 3.21. The molecule has 2 fully saturated rings. The Morgan fingerprint density at radius 1 is 1.36 bits per heavy atom. The third-order valence-corrected chi connectivity index (χ3v) is 4.37. The van der Waals surface area contributed by atoms with E-state index in [1.165, 1.54) is 6.07 Å². The summed E-state index contributed by atoms with van der Waals surface area (Å²) in [7, 11) is 1.70. The van der Waals surface area contributed by atoms with E-state index in [1.807, 2.05) is 0 Å². The Labute approximate surface area is 129 Å². The van der Waals surface area contributed by atoms with Gasteiger partial charge in [-0.1, -0.05) is 12.1 Å². The van der Waals surface area contributed by atoms with Gasteiger partial charge in [0.05, 0.1) is 18.2 Å². The average Bonchev–Trinajstić information content (AvgIpc) is 3.13. The van der Waals surface area contributed by atoms with Crippen molar-refractivity contribution < 1.29 is 13.5 Å². The largest absolute Gasteiger partial charge is 0.373 e. The van der Waals surface area contributed by atoms with Crippen LogP contribution in [0.5, 0.6) is 0 Å². The van der Waals surface area contributed by atoms with E-state index in [2.05, 4.69) is 15.6 Å². The first-order chi connectivity index (χ1) is 10.7. The maximum atomic E-state index is 13.6. The maximum absolute atomic E-state index is 13.6. The summed E-state index contributed by atoms with van der Waals surface area (Å²) in [5.41, 5.74) is 0.367. The van der Waals surface area contributed by atoms with Gasteiger partial charge >= 0.3 is 0 Å². The van der Waals surface area contributed by atoms with Crippen molar-refractivity contribution in [2.45, 2.75) is 43.9 Å². The van der Waals surface area contributed by atoms with Gasteiger partial charge in [0.25, 0.3) is 0 Å². The van der Waals surface area contributed by atoms with Crippen LogP contribution in [0.25, 0.3) is 0 Å². The first-order valence-corrected chi connectivity index (χ1v) is 7.73. The Morgan fingerprint density at radius 2 is 2.23 bits per heavy atom. The first-order valence-electron chi connectivity index (χ1n) is 7.73. The van der Waals surface area contributed by atoms with E-state index in [0.29, 0.717) is 30.6 Å². The second-order valence-electron chi connectivity index (χ2n) is 5.82. The van der Waals surface area contributed by atoms with E-state index >= 15 is 0 Å². The number of nitrogens with zero attached hydrogens (tertiary/aromatic N) is 1. The van der Waals surface area contributed by atoms with E-state index in [9.17, 15) is 8.78 Å². The predicted molar refractivity (Wildman–Crippen MR) is 80.9 cm³/mol. The van der Waals surface area contributed by atoms with Crippen molar-refractivity contribution in [2.24, 2.45) is 4.99 Å². The molecule has 0 radical (unpaired) electrons. The number of nitrogens with one attached hydrogen (secondary N) is 2. The molecule has 0 aromatic heterocycles. The lowest BCUT2D eigenvalue weighted by Gasteiger charge is -2.22. The number of rotatable bonds is 4. The summed E-state index contributed by atoms with van der Waals surface area (Å²) in [6.45, 7) is 0.488. The van der Waals surface area contributed by atoms with Crippen LogP contribution in [0.15, 0.2) is 23.2 Å². The molecule has 1 aromatic carbocycles. The Morgan fingerprint density at radius 3 is 2.91 bits per heavy atom. The Kier molecular flexibility index (Phi) is 4.57. The second kappa shape index (κ2) is 6.60. The van der Waals surface area contributed by atoms with Gasteiger partial charge in [-0.05, 0) is 37.3 Å². The minimum absolute atomic E-state index is 0.268. The van der Waals surface area contributed by atoms with Gasteiger partial charge in [0.15, 0.2) is 17.6 Å². The van der Waals surface area contributed by atoms with E-state index in [4.69, 9.17) is 4.74 Å². The van der Waals surface area contributed by atoms with E-state index in [0.717, 1.165) is 25.3 Å². The highest BCUT2D eigenvalue weighted by Gasteiger charge is 2.41. The number of ether oxygens (including phenoxy) is 1. The fourth-order valence-electron chi connectivity index (χ4n) is 3.22. The number of guanidine groups is 1. The highest BCUT2D eigenvalue weighted by Crippen LogP contribution is 2.34. The average molecular weight is 309 g/mol. The molecule has 2 N–H and O–H groups in total. The van der Waals surface area contributed by atoms with Crippen LogP contribution in [-0.4, -0.2) is 37.8 Å². The van der Waals surface area contributed by atoms with Gasteiger partial charge in [-0.2, -0.15) is 0 Å². The van der Waals surface area contributed by atoms with Crippen molar-refractivity contribution >= 4 is 5.96 Å². The number of hydrogen-bond donors (Lipinski definition) is 2. The number of halogens is 2. The molecule has 3 atom stereocenters. The van der Waals surface area contributed by atoms with Crippen LogP contribution in [0, 0.1) is 11.6 Å². The van der Waals surface area contributed by atoms with Crippen molar-refractivity contribution in [1.82, 2.24) is 10.6 Å². The zero-order valence-electron chi connectivity index (χ0n) is 12.6. The molecule has 2 heterocycles. The van der Waals surface area contributed by atoms with Crippen molar-refractivity contribution in [3.05, 3.63) is 35.4 Å². The minimum atomic E-state index is -0.806. The zero-order valence-corrected chi connectivity index (χ0v) is 12.6. The molecule has 6 heteroatoms. The van der Waals surface area contributed by atoms with Crippen molar-refractivity contribution in [3.63, 3.8) is 0 Å². The van der Waals surface area contributed by atoms with E-state index in [-0.39, 0.29) is 12.1 Å². The molecule has 1 aromatic rings. The molecule has 3 unspecified atom stereocenters. The molecule has 0 spiro atoms. The smallest absolute Gasteiger partial charge is 0.191 e. The van der Waals surface area contributed by atoms with Crippen LogP contribution < -0.4 is 10.6 Å². The summed E-state index contributed by atoms with van der Waals surface area (Å²) in [6, 6.07) is 4.53. The van der Waals surface area contributed by atoms with Crippen molar-refractivity contribution in [2.75, 3.05) is 13.6 Å². The van der Waals surface area contributed by atoms with Gasteiger partial charge in [-0.3, -0.25) is 4.99 Å². The number of benzene rings is 1. The molecule has 0 aliphatic carbocycles. The molecule has 2 bridgehead atoms. The zero-order chi connectivity index (χ0) is 15.5. The quantitative estimate of drug-likeness (QED) is 0.660. The molecule has 2 aliphatic rings. The van der Waals surface area contributed by atoms with Gasteiger partial charge in [0.2, 0.25) is 0 Å². The normalized spacial score (nSPS) is 27.2. The van der Waals surface area contributed by atoms with Crippen LogP contribution in [0.3, 0.4) is 0 Å². The molecule has 0 amide bonds.